The predicted octanol–water partition coefficient (Wildman–Crippen LogP) is 2.13. The Kier molecular flexibility index (Phi) is 3.46. The van der Waals surface area contributed by atoms with Gasteiger partial charge in [-0.2, -0.15) is 0 Å². The highest BCUT2D eigenvalue weighted by molar-refractivity contribution is 6.10. The van der Waals surface area contributed by atoms with E-state index in [-0.39, 0.29) is 17.6 Å². The Bertz CT molecular complexity index is 924. The summed E-state index contributed by atoms with van der Waals surface area (Å²) in [5.41, 5.74) is 14.3. The van der Waals surface area contributed by atoms with Gasteiger partial charge >= 0.3 is 0 Å². The third kappa shape index (κ3) is 2.71. The molecule has 0 saturated carbocycles. The second-order valence-electron chi connectivity index (χ2n) is 5.09. The number of nitrogens with zero attached hydrogens (tertiary/aromatic N) is 2. The lowest BCUT2D eigenvalue weighted by atomic mass is 10.0. The number of rotatable bonds is 2. The van der Waals surface area contributed by atoms with Crippen LogP contribution in [0.5, 0.6) is 5.75 Å². The number of hydrogen-bond acceptors (Lipinski definition) is 6. The zero-order valence-corrected chi connectivity index (χ0v) is 12.4. The molecule has 116 valence electrons. The molecule has 1 amide bonds. The molecular weight excluding hydrogens is 294 g/mol. The lowest BCUT2D eigenvalue weighted by Gasteiger charge is -2.14. The molecule has 0 unspecified atom stereocenters. The molecule has 3 rings (SSSR count). The van der Waals surface area contributed by atoms with Gasteiger partial charge in [0.25, 0.3) is 0 Å². The standard InChI is InChI=1S/C16H15N5O2/c1-8(22)19-15-11(17)5-6-12-13(15)14(21-16(18)20-12)9-3-2-4-10(23)7-9/h2-7,23H,17H2,1H3,(H,19,22)(H2,18,20,21). The van der Waals surface area contributed by atoms with Crippen LogP contribution >= 0.6 is 0 Å². The molecule has 0 radical (unpaired) electrons. The molecule has 7 nitrogen and oxygen atoms in total. The number of aromatic hydroxyl groups is 1. The van der Waals surface area contributed by atoms with Gasteiger partial charge in [-0.05, 0) is 24.3 Å². The largest absolute Gasteiger partial charge is 0.508 e. The SMILES string of the molecule is CC(=O)Nc1c(N)ccc2nc(N)nc(-c3cccc(O)c3)c12. The molecule has 0 saturated heterocycles. The van der Waals surface area contributed by atoms with Crippen LogP contribution in [0.3, 0.4) is 0 Å². The smallest absolute Gasteiger partial charge is 0.221 e. The van der Waals surface area contributed by atoms with E-state index in [1.165, 1.54) is 6.92 Å². The summed E-state index contributed by atoms with van der Waals surface area (Å²) in [5, 5.41) is 13.0. The molecule has 2 aromatic carbocycles. The highest BCUT2D eigenvalue weighted by Crippen LogP contribution is 2.36. The Balaban J connectivity index is 2.40. The van der Waals surface area contributed by atoms with E-state index in [0.29, 0.717) is 33.5 Å². The van der Waals surface area contributed by atoms with Gasteiger partial charge in [0.15, 0.2) is 0 Å². The number of amides is 1. The average Bonchev–Trinajstić information content (AvgIpc) is 2.49. The summed E-state index contributed by atoms with van der Waals surface area (Å²) >= 11 is 0. The van der Waals surface area contributed by atoms with Gasteiger partial charge < -0.3 is 21.9 Å². The highest BCUT2D eigenvalue weighted by atomic mass is 16.3. The molecule has 0 aliphatic heterocycles. The van der Waals surface area contributed by atoms with E-state index in [9.17, 15) is 9.90 Å². The zero-order chi connectivity index (χ0) is 16.6. The van der Waals surface area contributed by atoms with Gasteiger partial charge in [-0.1, -0.05) is 12.1 Å². The number of nitrogen functional groups attached to an aromatic ring is 2. The fraction of sp³-hybridized carbons (Fsp3) is 0.0625. The van der Waals surface area contributed by atoms with Crippen LogP contribution in [-0.4, -0.2) is 21.0 Å². The second kappa shape index (κ2) is 5.45. The van der Waals surface area contributed by atoms with Gasteiger partial charge in [0, 0.05) is 12.5 Å². The summed E-state index contributed by atoms with van der Waals surface area (Å²) in [7, 11) is 0. The lowest BCUT2D eigenvalue weighted by Crippen LogP contribution is -2.10. The first-order chi connectivity index (χ1) is 11.0. The summed E-state index contributed by atoms with van der Waals surface area (Å²) in [6.45, 7) is 1.39. The number of phenolic OH excluding ortho intramolecular Hbond substituents is 1. The minimum absolute atomic E-state index is 0.0920. The molecule has 6 N–H and O–H groups in total. The van der Waals surface area contributed by atoms with Crippen LogP contribution < -0.4 is 16.8 Å². The number of anilines is 3. The number of fused-ring (bicyclic) bond motifs is 1. The van der Waals surface area contributed by atoms with Crippen molar-refractivity contribution >= 4 is 34.1 Å². The van der Waals surface area contributed by atoms with Crippen LogP contribution in [0.1, 0.15) is 6.92 Å². The number of benzene rings is 2. The quantitative estimate of drug-likeness (QED) is 0.537. The Morgan fingerprint density at radius 3 is 2.65 bits per heavy atom. The van der Waals surface area contributed by atoms with Crippen molar-refractivity contribution in [1.82, 2.24) is 9.97 Å². The van der Waals surface area contributed by atoms with Gasteiger partial charge in [-0.25, -0.2) is 9.97 Å². The number of nitrogens with one attached hydrogen (secondary N) is 1. The van der Waals surface area contributed by atoms with E-state index in [0.717, 1.165) is 0 Å². The topological polar surface area (TPSA) is 127 Å². The van der Waals surface area contributed by atoms with E-state index in [1.54, 1.807) is 36.4 Å². The molecule has 0 aliphatic rings. The zero-order valence-electron chi connectivity index (χ0n) is 12.4. The first-order valence-electron chi connectivity index (χ1n) is 6.88. The molecule has 1 aromatic heterocycles. The maximum Gasteiger partial charge on any atom is 0.221 e. The van der Waals surface area contributed by atoms with E-state index in [4.69, 9.17) is 11.5 Å². The van der Waals surface area contributed by atoms with Crippen molar-refractivity contribution in [2.24, 2.45) is 0 Å². The number of nitrogens with two attached hydrogens (primary N) is 2. The Morgan fingerprint density at radius 1 is 1.17 bits per heavy atom. The highest BCUT2D eigenvalue weighted by Gasteiger charge is 2.16. The Hall–Kier alpha value is -3.35. The van der Waals surface area contributed by atoms with Crippen LogP contribution in [0, 0.1) is 0 Å². The Labute approximate surface area is 132 Å². The molecule has 23 heavy (non-hydrogen) atoms. The van der Waals surface area contributed by atoms with Crippen LogP contribution in [0.2, 0.25) is 0 Å². The van der Waals surface area contributed by atoms with E-state index >= 15 is 0 Å². The number of carbonyl (C=O) groups is 1. The van der Waals surface area contributed by atoms with Crippen molar-refractivity contribution in [3.05, 3.63) is 36.4 Å². The lowest BCUT2D eigenvalue weighted by molar-refractivity contribution is -0.114. The van der Waals surface area contributed by atoms with Crippen LogP contribution in [0.15, 0.2) is 36.4 Å². The minimum Gasteiger partial charge on any atom is -0.508 e. The van der Waals surface area contributed by atoms with Crippen molar-refractivity contribution in [2.45, 2.75) is 6.92 Å². The maximum absolute atomic E-state index is 11.5. The van der Waals surface area contributed by atoms with Crippen LogP contribution in [-0.2, 0) is 4.79 Å². The molecule has 0 spiro atoms. The molecule has 0 fully saturated rings. The monoisotopic (exact) mass is 309 g/mol. The summed E-state index contributed by atoms with van der Waals surface area (Å²) in [6, 6.07) is 9.94. The second-order valence-corrected chi connectivity index (χ2v) is 5.09. The van der Waals surface area contributed by atoms with Crippen molar-refractivity contribution in [3.63, 3.8) is 0 Å². The van der Waals surface area contributed by atoms with Crippen LogP contribution in [0.25, 0.3) is 22.2 Å². The van der Waals surface area contributed by atoms with Gasteiger partial charge in [0.2, 0.25) is 11.9 Å². The molecule has 7 heteroatoms. The first kappa shape index (κ1) is 14.6. The van der Waals surface area contributed by atoms with Crippen molar-refractivity contribution < 1.29 is 9.90 Å². The normalized spacial score (nSPS) is 10.7. The van der Waals surface area contributed by atoms with Gasteiger partial charge in [-0.3, -0.25) is 4.79 Å². The van der Waals surface area contributed by atoms with E-state index < -0.39 is 0 Å². The fourth-order valence-electron chi connectivity index (χ4n) is 2.43. The summed E-state index contributed by atoms with van der Waals surface area (Å²) in [5.74, 6) is -0.0740. The van der Waals surface area contributed by atoms with Crippen molar-refractivity contribution in [1.29, 1.82) is 0 Å². The molecule has 1 heterocycles. The number of aromatic nitrogens is 2. The van der Waals surface area contributed by atoms with E-state index in [2.05, 4.69) is 15.3 Å². The van der Waals surface area contributed by atoms with Gasteiger partial charge in [-0.15, -0.1) is 0 Å². The van der Waals surface area contributed by atoms with Gasteiger partial charge in [0.1, 0.15) is 5.75 Å². The average molecular weight is 309 g/mol. The molecule has 0 atom stereocenters. The summed E-state index contributed by atoms with van der Waals surface area (Å²) in [6.07, 6.45) is 0. The van der Waals surface area contributed by atoms with Crippen molar-refractivity contribution in [2.75, 3.05) is 16.8 Å². The van der Waals surface area contributed by atoms with Crippen LogP contribution in [0.4, 0.5) is 17.3 Å². The predicted molar refractivity (Wildman–Crippen MR) is 89.8 cm³/mol. The fourth-order valence-corrected chi connectivity index (χ4v) is 2.43. The molecule has 0 aliphatic carbocycles. The third-order valence-corrected chi connectivity index (χ3v) is 3.33. The maximum atomic E-state index is 11.5. The van der Waals surface area contributed by atoms with Crippen molar-refractivity contribution in [3.8, 4) is 17.0 Å². The number of hydrogen-bond donors (Lipinski definition) is 4. The third-order valence-electron chi connectivity index (χ3n) is 3.33. The number of carbonyl (C=O) groups excluding carboxylic acids is 1. The Morgan fingerprint density at radius 2 is 1.96 bits per heavy atom. The molecule has 0 bridgehead atoms. The van der Waals surface area contributed by atoms with E-state index in [1.807, 2.05) is 0 Å². The molecule has 3 aromatic rings. The van der Waals surface area contributed by atoms with Gasteiger partial charge in [0.05, 0.1) is 28.0 Å². The molecular formula is C16H15N5O2. The summed E-state index contributed by atoms with van der Waals surface area (Å²) in [4.78, 5) is 20.0. The summed E-state index contributed by atoms with van der Waals surface area (Å²) < 4.78 is 0. The number of phenols is 1. The first-order valence-corrected chi connectivity index (χ1v) is 6.88. The minimum atomic E-state index is -0.261.